The van der Waals surface area contributed by atoms with E-state index in [9.17, 15) is 18.0 Å². The molecule has 0 aliphatic heterocycles. The molecule has 3 nitrogen and oxygen atoms in total. The predicted octanol–water partition coefficient (Wildman–Crippen LogP) is 1.86. The first-order valence-electron chi connectivity index (χ1n) is 3.17. The Balaban J connectivity index is 2.95. The van der Waals surface area contributed by atoms with Gasteiger partial charge in [0, 0.05) is 0 Å². The highest BCUT2D eigenvalue weighted by Gasteiger charge is 2.29. The summed E-state index contributed by atoms with van der Waals surface area (Å²) in [7, 11) is 0. The minimum atomic E-state index is -4.35. The predicted molar refractivity (Wildman–Crippen MR) is 46.4 cm³/mol. The van der Waals surface area contributed by atoms with Crippen LogP contribution in [-0.2, 0) is 6.54 Å². The van der Waals surface area contributed by atoms with E-state index in [1.165, 1.54) is 6.20 Å². The number of aromatic nitrogens is 2. The molecule has 0 aromatic carbocycles. The number of halogens is 4. The van der Waals surface area contributed by atoms with Gasteiger partial charge in [-0.05, 0) is 22.6 Å². The SMILES string of the molecule is O=Cc1c(I)cnn1CC(F)(F)F. The van der Waals surface area contributed by atoms with E-state index in [1.54, 1.807) is 22.6 Å². The van der Waals surface area contributed by atoms with Crippen molar-refractivity contribution in [1.29, 1.82) is 0 Å². The van der Waals surface area contributed by atoms with Gasteiger partial charge >= 0.3 is 6.18 Å². The van der Waals surface area contributed by atoms with Gasteiger partial charge in [-0.2, -0.15) is 18.3 Å². The van der Waals surface area contributed by atoms with Crippen LogP contribution in [0.2, 0.25) is 0 Å². The smallest absolute Gasteiger partial charge is 0.296 e. The molecule has 0 amide bonds. The summed E-state index contributed by atoms with van der Waals surface area (Å²) < 4.78 is 36.7. The molecule has 0 N–H and O–H groups in total. The van der Waals surface area contributed by atoms with E-state index in [2.05, 4.69) is 5.10 Å². The summed E-state index contributed by atoms with van der Waals surface area (Å²) in [4.78, 5) is 10.4. The number of aldehydes is 1. The number of hydrogen-bond acceptors (Lipinski definition) is 2. The van der Waals surface area contributed by atoms with Crippen molar-refractivity contribution in [2.75, 3.05) is 0 Å². The number of nitrogens with zero attached hydrogens (tertiary/aromatic N) is 2. The van der Waals surface area contributed by atoms with E-state index in [4.69, 9.17) is 0 Å². The zero-order valence-corrected chi connectivity index (χ0v) is 8.33. The van der Waals surface area contributed by atoms with Crippen molar-refractivity contribution in [3.05, 3.63) is 15.5 Å². The van der Waals surface area contributed by atoms with Gasteiger partial charge in [0.15, 0.2) is 6.29 Å². The Labute approximate surface area is 85.1 Å². The van der Waals surface area contributed by atoms with Gasteiger partial charge in [-0.25, -0.2) is 0 Å². The Morgan fingerprint density at radius 3 is 2.69 bits per heavy atom. The van der Waals surface area contributed by atoms with Crippen molar-refractivity contribution >= 4 is 28.9 Å². The number of hydrogen-bond donors (Lipinski definition) is 0. The van der Waals surface area contributed by atoms with Gasteiger partial charge in [-0.15, -0.1) is 0 Å². The van der Waals surface area contributed by atoms with Gasteiger partial charge < -0.3 is 0 Å². The molecule has 0 saturated heterocycles. The minimum Gasteiger partial charge on any atom is -0.296 e. The Kier molecular flexibility index (Phi) is 2.94. The summed E-state index contributed by atoms with van der Waals surface area (Å²) in [6, 6.07) is 0. The summed E-state index contributed by atoms with van der Waals surface area (Å²) in [6.07, 6.45) is -2.77. The standard InChI is InChI=1S/C6H4F3IN2O/c7-6(8,9)3-12-5(2-13)4(10)1-11-12/h1-2H,3H2. The molecule has 0 spiro atoms. The molecule has 0 atom stereocenters. The van der Waals surface area contributed by atoms with Gasteiger partial charge in [-0.1, -0.05) is 0 Å². The van der Waals surface area contributed by atoms with Crippen molar-refractivity contribution in [3.8, 4) is 0 Å². The van der Waals surface area contributed by atoms with Crippen molar-refractivity contribution in [3.63, 3.8) is 0 Å². The molecule has 0 radical (unpaired) electrons. The van der Waals surface area contributed by atoms with E-state index in [-0.39, 0.29) is 5.69 Å². The average Bonchev–Trinajstić information content (AvgIpc) is 2.28. The summed E-state index contributed by atoms with van der Waals surface area (Å²) in [5.41, 5.74) is -0.0436. The topological polar surface area (TPSA) is 34.9 Å². The number of carbonyl (C=O) groups is 1. The molecule has 0 bridgehead atoms. The van der Waals surface area contributed by atoms with Gasteiger partial charge in [0.2, 0.25) is 0 Å². The molecule has 0 unspecified atom stereocenters. The molecule has 0 fully saturated rings. The second-order valence-electron chi connectivity index (χ2n) is 2.27. The molecule has 1 aromatic rings. The Morgan fingerprint density at radius 2 is 2.23 bits per heavy atom. The van der Waals surface area contributed by atoms with E-state index in [1.807, 2.05) is 0 Å². The fourth-order valence-corrected chi connectivity index (χ4v) is 1.32. The highest BCUT2D eigenvalue weighted by atomic mass is 127. The zero-order chi connectivity index (χ0) is 10.1. The summed E-state index contributed by atoms with van der Waals surface area (Å²) in [6.45, 7) is -1.23. The molecule has 0 aliphatic carbocycles. The summed E-state index contributed by atoms with van der Waals surface area (Å²) in [5.74, 6) is 0. The molecule has 0 aliphatic rings. The number of carbonyl (C=O) groups excluding carboxylic acids is 1. The quantitative estimate of drug-likeness (QED) is 0.617. The van der Waals surface area contributed by atoms with Crippen LogP contribution in [0.3, 0.4) is 0 Å². The van der Waals surface area contributed by atoms with E-state index >= 15 is 0 Å². The Morgan fingerprint density at radius 1 is 1.62 bits per heavy atom. The largest absolute Gasteiger partial charge is 0.408 e. The molecule has 0 saturated carbocycles. The first kappa shape index (κ1) is 10.5. The van der Waals surface area contributed by atoms with Crippen LogP contribution in [0, 0.1) is 3.57 Å². The molecule has 13 heavy (non-hydrogen) atoms. The third-order valence-corrected chi connectivity index (χ3v) is 2.11. The van der Waals surface area contributed by atoms with Crippen LogP contribution >= 0.6 is 22.6 Å². The molecule has 72 valence electrons. The molecule has 1 rings (SSSR count). The fraction of sp³-hybridized carbons (Fsp3) is 0.333. The van der Waals surface area contributed by atoms with Crippen LogP contribution in [0.15, 0.2) is 6.20 Å². The van der Waals surface area contributed by atoms with Crippen LogP contribution in [0.25, 0.3) is 0 Å². The van der Waals surface area contributed by atoms with Crippen LogP contribution in [0.1, 0.15) is 10.5 Å². The second-order valence-corrected chi connectivity index (χ2v) is 3.43. The summed E-state index contributed by atoms with van der Waals surface area (Å²) >= 11 is 1.75. The molecule has 1 heterocycles. The molecular weight excluding hydrogens is 300 g/mol. The van der Waals surface area contributed by atoms with Crippen molar-refractivity contribution in [2.24, 2.45) is 0 Å². The van der Waals surface area contributed by atoms with Gasteiger partial charge in [0.25, 0.3) is 0 Å². The van der Waals surface area contributed by atoms with Crippen molar-refractivity contribution in [1.82, 2.24) is 9.78 Å². The highest BCUT2D eigenvalue weighted by Crippen LogP contribution is 2.19. The lowest BCUT2D eigenvalue weighted by Gasteiger charge is -2.06. The maximum Gasteiger partial charge on any atom is 0.408 e. The summed E-state index contributed by atoms with van der Waals surface area (Å²) in [5, 5.41) is 3.43. The van der Waals surface area contributed by atoms with Crippen LogP contribution in [0.5, 0.6) is 0 Å². The lowest BCUT2D eigenvalue weighted by atomic mass is 10.4. The number of rotatable bonds is 2. The van der Waals surface area contributed by atoms with Gasteiger partial charge in [0.05, 0.1) is 9.77 Å². The molecule has 7 heteroatoms. The van der Waals surface area contributed by atoms with Crippen molar-refractivity contribution in [2.45, 2.75) is 12.7 Å². The average molecular weight is 304 g/mol. The van der Waals surface area contributed by atoms with Crippen LogP contribution in [0.4, 0.5) is 13.2 Å². The molecule has 1 aromatic heterocycles. The van der Waals surface area contributed by atoms with E-state index in [0.29, 0.717) is 14.5 Å². The first-order valence-corrected chi connectivity index (χ1v) is 4.25. The van der Waals surface area contributed by atoms with Gasteiger partial charge in [-0.3, -0.25) is 9.48 Å². The normalized spacial score (nSPS) is 11.7. The lowest BCUT2D eigenvalue weighted by Crippen LogP contribution is -2.20. The highest BCUT2D eigenvalue weighted by molar-refractivity contribution is 14.1. The third-order valence-electron chi connectivity index (χ3n) is 1.27. The first-order chi connectivity index (χ1) is 5.94. The second kappa shape index (κ2) is 3.64. The molecular formula is C6H4F3IN2O. The zero-order valence-electron chi connectivity index (χ0n) is 6.18. The maximum absolute atomic E-state index is 11.9. The Bertz CT molecular complexity index is 320. The lowest BCUT2D eigenvalue weighted by molar-refractivity contribution is -0.142. The maximum atomic E-state index is 11.9. The van der Waals surface area contributed by atoms with Crippen LogP contribution in [-0.4, -0.2) is 22.2 Å². The van der Waals surface area contributed by atoms with Crippen LogP contribution < -0.4 is 0 Å². The fourth-order valence-electron chi connectivity index (χ4n) is 0.785. The Hall–Kier alpha value is -0.600. The van der Waals surface area contributed by atoms with E-state index < -0.39 is 12.7 Å². The minimum absolute atomic E-state index is 0.0436. The number of alkyl halides is 3. The van der Waals surface area contributed by atoms with Crippen molar-refractivity contribution < 1.29 is 18.0 Å². The van der Waals surface area contributed by atoms with E-state index in [0.717, 1.165) is 0 Å². The van der Waals surface area contributed by atoms with Gasteiger partial charge in [0.1, 0.15) is 12.2 Å². The third kappa shape index (κ3) is 2.68. The monoisotopic (exact) mass is 304 g/mol.